The van der Waals surface area contributed by atoms with Crippen LogP contribution in [-0.4, -0.2) is 36.5 Å². The molecule has 0 bridgehead atoms. The Morgan fingerprint density at radius 2 is 1.30 bits per heavy atom. The number of hydrogen-bond acceptors (Lipinski definition) is 5. The fourth-order valence-corrected chi connectivity index (χ4v) is 4.81. The molecule has 5 nitrogen and oxygen atoms in total. The maximum absolute atomic E-state index is 12.9. The van der Waals surface area contributed by atoms with E-state index in [0.29, 0.717) is 17.0 Å². The van der Waals surface area contributed by atoms with E-state index in [9.17, 15) is 9.59 Å². The third-order valence-electron chi connectivity index (χ3n) is 6.66. The summed E-state index contributed by atoms with van der Waals surface area (Å²) < 4.78 is 11.6. The van der Waals surface area contributed by atoms with E-state index in [4.69, 9.17) is 9.47 Å². The molecule has 0 aromatic heterocycles. The summed E-state index contributed by atoms with van der Waals surface area (Å²) in [5.74, 6) is -0.284. The molecule has 0 radical (unpaired) electrons. The lowest BCUT2D eigenvalue weighted by Gasteiger charge is -2.22. The van der Waals surface area contributed by atoms with Crippen molar-refractivity contribution in [3.05, 3.63) is 108 Å². The molecule has 0 aliphatic carbocycles. The molecule has 0 amide bonds. The van der Waals surface area contributed by atoms with Crippen LogP contribution < -0.4 is 9.47 Å². The second-order valence-corrected chi connectivity index (χ2v) is 9.29. The van der Waals surface area contributed by atoms with Gasteiger partial charge in [-0.1, -0.05) is 61.5 Å². The molecule has 37 heavy (non-hydrogen) atoms. The van der Waals surface area contributed by atoms with Crippen molar-refractivity contribution in [2.24, 2.45) is 0 Å². The standard InChI is InChI=1S/C31H29NO4.ClH/c1-22(21-32-17-8-9-18-32)26-16-10-15-25-19-28(35-30(33)23-11-4-2-5-12-23)29(20-27(25)26)36-31(34)24-13-6-3-7-14-24;/h2-7,10-16,19-20,22H,8-9,17-18,21H2,1H3;1H. The second-order valence-electron chi connectivity index (χ2n) is 9.29. The average Bonchev–Trinajstić information content (AvgIpc) is 3.42. The van der Waals surface area contributed by atoms with Crippen molar-refractivity contribution in [3.8, 4) is 11.5 Å². The van der Waals surface area contributed by atoms with Crippen LogP contribution >= 0.6 is 12.4 Å². The maximum Gasteiger partial charge on any atom is 0.343 e. The molecule has 1 fully saturated rings. The highest BCUT2D eigenvalue weighted by Crippen LogP contribution is 2.37. The first kappa shape index (κ1) is 26.4. The van der Waals surface area contributed by atoms with Gasteiger partial charge in [0, 0.05) is 6.54 Å². The summed E-state index contributed by atoms with van der Waals surface area (Å²) in [6.07, 6.45) is 2.50. The molecule has 6 heteroatoms. The van der Waals surface area contributed by atoms with Crippen molar-refractivity contribution in [3.63, 3.8) is 0 Å². The molecule has 0 spiro atoms. The van der Waals surface area contributed by atoms with Gasteiger partial charge in [0.1, 0.15) is 0 Å². The third kappa shape index (κ3) is 6.19. The fourth-order valence-electron chi connectivity index (χ4n) is 4.81. The summed E-state index contributed by atoms with van der Waals surface area (Å²) in [6, 6.07) is 27.3. The van der Waals surface area contributed by atoms with E-state index in [1.807, 2.05) is 30.3 Å². The zero-order valence-electron chi connectivity index (χ0n) is 20.8. The number of carbonyl (C=O) groups excluding carboxylic acids is 2. The molecule has 4 aromatic rings. The fraction of sp³-hybridized carbons (Fsp3) is 0.226. The van der Waals surface area contributed by atoms with E-state index in [0.717, 1.165) is 30.4 Å². The number of likely N-dealkylation sites (tertiary alicyclic amines) is 1. The maximum atomic E-state index is 12.9. The van der Waals surface area contributed by atoms with Crippen LogP contribution in [0.3, 0.4) is 0 Å². The number of fused-ring (bicyclic) bond motifs is 1. The van der Waals surface area contributed by atoms with Crippen LogP contribution in [0, 0.1) is 0 Å². The zero-order valence-corrected chi connectivity index (χ0v) is 21.6. The van der Waals surface area contributed by atoms with E-state index in [2.05, 4.69) is 17.9 Å². The minimum Gasteiger partial charge on any atom is -0.419 e. The SMILES string of the molecule is CC(CN1CCCC1)c1cccc2cc(OC(=O)c3ccccc3)c(OC(=O)c3ccccc3)cc12.Cl. The first-order valence-corrected chi connectivity index (χ1v) is 12.4. The average molecular weight is 516 g/mol. The number of rotatable bonds is 7. The van der Waals surface area contributed by atoms with Gasteiger partial charge in [-0.2, -0.15) is 0 Å². The van der Waals surface area contributed by atoms with E-state index in [1.165, 1.54) is 18.4 Å². The second kappa shape index (κ2) is 12.0. The topological polar surface area (TPSA) is 55.8 Å². The van der Waals surface area contributed by atoms with Crippen LogP contribution in [-0.2, 0) is 0 Å². The van der Waals surface area contributed by atoms with Crippen LogP contribution in [0.1, 0.15) is 52.0 Å². The van der Waals surface area contributed by atoms with Crippen molar-refractivity contribution >= 4 is 35.1 Å². The summed E-state index contributed by atoms with van der Waals surface area (Å²) >= 11 is 0. The van der Waals surface area contributed by atoms with Crippen molar-refractivity contribution in [2.75, 3.05) is 19.6 Å². The molecule has 1 heterocycles. The number of nitrogens with zero attached hydrogens (tertiary/aromatic N) is 1. The van der Waals surface area contributed by atoms with E-state index < -0.39 is 11.9 Å². The van der Waals surface area contributed by atoms with Crippen LogP contribution in [0.25, 0.3) is 10.8 Å². The van der Waals surface area contributed by atoms with Crippen molar-refractivity contribution < 1.29 is 19.1 Å². The summed E-state index contributed by atoms with van der Waals surface area (Å²) in [5, 5.41) is 1.91. The summed E-state index contributed by atoms with van der Waals surface area (Å²) in [4.78, 5) is 28.3. The number of halogens is 1. The zero-order chi connectivity index (χ0) is 24.9. The normalized spacial score (nSPS) is 14.1. The lowest BCUT2D eigenvalue weighted by Crippen LogP contribution is -2.24. The van der Waals surface area contributed by atoms with Gasteiger partial charge in [0.15, 0.2) is 11.5 Å². The van der Waals surface area contributed by atoms with Gasteiger partial charge < -0.3 is 14.4 Å². The van der Waals surface area contributed by atoms with Crippen LogP contribution in [0.5, 0.6) is 11.5 Å². The highest BCUT2D eigenvalue weighted by atomic mass is 35.5. The molecule has 0 saturated carbocycles. The molecule has 1 aliphatic heterocycles. The van der Waals surface area contributed by atoms with Gasteiger partial charge in [-0.15, -0.1) is 12.4 Å². The largest absolute Gasteiger partial charge is 0.419 e. The van der Waals surface area contributed by atoms with E-state index in [1.54, 1.807) is 54.6 Å². The first-order valence-electron chi connectivity index (χ1n) is 12.4. The van der Waals surface area contributed by atoms with Gasteiger partial charge in [0.05, 0.1) is 11.1 Å². The number of benzene rings is 4. The molecular weight excluding hydrogens is 486 g/mol. The smallest absolute Gasteiger partial charge is 0.343 e. The van der Waals surface area contributed by atoms with Crippen LogP contribution in [0.15, 0.2) is 91.0 Å². The summed E-state index contributed by atoms with van der Waals surface area (Å²) in [6.45, 7) is 5.47. The monoisotopic (exact) mass is 515 g/mol. The van der Waals surface area contributed by atoms with E-state index >= 15 is 0 Å². The van der Waals surface area contributed by atoms with Crippen molar-refractivity contribution in [2.45, 2.75) is 25.7 Å². The quantitative estimate of drug-likeness (QED) is 0.198. The highest BCUT2D eigenvalue weighted by Gasteiger charge is 2.21. The Morgan fingerprint density at radius 1 is 0.757 bits per heavy atom. The lowest BCUT2D eigenvalue weighted by atomic mass is 9.94. The summed E-state index contributed by atoms with van der Waals surface area (Å²) in [7, 11) is 0. The predicted octanol–water partition coefficient (Wildman–Crippen LogP) is 6.90. The number of carbonyl (C=O) groups is 2. The van der Waals surface area contributed by atoms with Crippen molar-refractivity contribution in [1.29, 1.82) is 0 Å². The van der Waals surface area contributed by atoms with Gasteiger partial charge in [0.2, 0.25) is 0 Å². The number of ether oxygens (including phenoxy) is 2. The van der Waals surface area contributed by atoms with Gasteiger partial charge in [-0.25, -0.2) is 9.59 Å². The van der Waals surface area contributed by atoms with Gasteiger partial charge in [-0.3, -0.25) is 0 Å². The Hall–Kier alpha value is -3.67. The Labute approximate surface area is 223 Å². The first-order chi connectivity index (χ1) is 17.6. The molecule has 5 rings (SSSR count). The molecule has 0 N–H and O–H groups in total. The highest BCUT2D eigenvalue weighted by molar-refractivity contribution is 5.96. The minimum absolute atomic E-state index is 0. The minimum atomic E-state index is -0.509. The molecule has 1 aliphatic rings. The summed E-state index contributed by atoms with van der Waals surface area (Å²) in [5.41, 5.74) is 2.02. The number of esters is 2. The molecule has 190 valence electrons. The molecule has 1 unspecified atom stereocenters. The van der Waals surface area contributed by atoms with E-state index in [-0.39, 0.29) is 23.9 Å². The predicted molar refractivity (Wildman–Crippen MR) is 148 cm³/mol. The third-order valence-corrected chi connectivity index (χ3v) is 6.66. The lowest BCUT2D eigenvalue weighted by molar-refractivity contribution is 0.0683. The molecule has 1 saturated heterocycles. The van der Waals surface area contributed by atoms with Crippen molar-refractivity contribution in [1.82, 2.24) is 4.90 Å². The Bertz CT molecular complexity index is 1370. The Balaban J connectivity index is 0.00000320. The van der Waals surface area contributed by atoms with Gasteiger partial charge in [-0.05, 0) is 84.6 Å². The number of hydrogen-bond donors (Lipinski definition) is 0. The van der Waals surface area contributed by atoms with Gasteiger partial charge in [0.25, 0.3) is 0 Å². The van der Waals surface area contributed by atoms with Crippen LogP contribution in [0.2, 0.25) is 0 Å². The molecule has 1 atom stereocenters. The van der Waals surface area contributed by atoms with Crippen LogP contribution in [0.4, 0.5) is 0 Å². The Morgan fingerprint density at radius 3 is 1.86 bits per heavy atom. The van der Waals surface area contributed by atoms with Gasteiger partial charge >= 0.3 is 11.9 Å². The molecule has 4 aromatic carbocycles. The molecular formula is C31H30ClNO4. The Kier molecular flexibility index (Phi) is 8.59.